The van der Waals surface area contributed by atoms with Crippen molar-refractivity contribution in [2.45, 2.75) is 117 Å². The molecule has 0 saturated carbocycles. The lowest BCUT2D eigenvalue weighted by atomic mass is 10.1. The van der Waals surface area contributed by atoms with Gasteiger partial charge in [-0.15, -0.1) is 0 Å². The van der Waals surface area contributed by atoms with Crippen molar-refractivity contribution in [3.8, 4) is 0 Å². The molecule has 0 aromatic rings. The van der Waals surface area contributed by atoms with Crippen LogP contribution >= 0.6 is 0 Å². The molecule has 0 saturated heterocycles. The van der Waals surface area contributed by atoms with Gasteiger partial charge >= 0.3 is 17.1 Å². The van der Waals surface area contributed by atoms with E-state index >= 15 is 0 Å². The molecule has 0 fully saturated rings. The standard InChI is InChI=1S/C24H50O5Si4/c1-21(2)23(25)17-13-15-19-30(5,6)27-32(9,10)29-33(11,12)28-31(7,8)20-16-14-18-24(26)22(3)4/h1,3,13-20H2,2,4-12H3. The van der Waals surface area contributed by atoms with Crippen molar-refractivity contribution >= 4 is 45.3 Å². The second-order valence-corrected chi connectivity index (χ2v) is 27.5. The molecule has 0 aliphatic rings. The molecule has 5 nitrogen and oxygen atoms in total. The van der Waals surface area contributed by atoms with Crippen LogP contribution < -0.4 is 0 Å². The molecule has 0 aromatic carbocycles. The molecule has 0 atom stereocenters. The SMILES string of the molecule is C=C(C)C(=O)CCCC[Si](C)(C)O[Si](C)(C)O[Si](C)(C)O[Si](C)(C)CCCCC(=O)C(=C)C. The van der Waals surface area contributed by atoms with E-state index in [4.69, 9.17) is 12.3 Å². The summed E-state index contributed by atoms with van der Waals surface area (Å²) in [6.45, 7) is 28.5. The largest absolute Gasteiger partial charge is 0.436 e. The zero-order chi connectivity index (χ0) is 26.1. The van der Waals surface area contributed by atoms with Gasteiger partial charge in [0.2, 0.25) is 0 Å². The third-order valence-corrected chi connectivity index (χ3v) is 20.8. The number of hydrogen-bond donors (Lipinski definition) is 0. The third-order valence-electron chi connectivity index (χ3n) is 5.35. The van der Waals surface area contributed by atoms with Gasteiger partial charge in [0.05, 0.1) is 0 Å². The summed E-state index contributed by atoms with van der Waals surface area (Å²) in [6.07, 6.45) is 4.91. The van der Waals surface area contributed by atoms with Gasteiger partial charge in [0, 0.05) is 12.8 Å². The Kier molecular flexibility index (Phi) is 13.4. The van der Waals surface area contributed by atoms with Gasteiger partial charge < -0.3 is 12.3 Å². The molecule has 0 heterocycles. The van der Waals surface area contributed by atoms with Gasteiger partial charge in [0.1, 0.15) is 0 Å². The summed E-state index contributed by atoms with van der Waals surface area (Å²) in [5.74, 6) is 0.319. The molecule has 0 bridgehead atoms. The van der Waals surface area contributed by atoms with E-state index in [0.717, 1.165) is 37.8 Å². The molecular weight excluding hydrogens is 481 g/mol. The van der Waals surface area contributed by atoms with Crippen LogP contribution in [0.25, 0.3) is 0 Å². The lowest BCUT2D eigenvalue weighted by molar-refractivity contribution is -0.116. The molecule has 0 aliphatic carbocycles. The zero-order valence-electron chi connectivity index (χ0n) is 23.1. The van der Waals surface area contributed by atoms with Gasteiger partial charge in [-0.1, -0.05) is 26.0 Å². The smallest absolute Gasteiger partial charge is 0.312 e. The van der Waals surface area contributed by atoms with Gasteiger partial charge in [-0.2, -0.15) is 0 Å². The van der Waals surface area contributed by atoms with Gasteiger partial charge in [0.15, 0.2) is 28.2 Å². The molecule has 0 rings (SSSR count). The van der Waals surface area contributed by atoms with Crippen LogP contribution in [-0.4, -0.2) is 45.3 Å². The fourth-order valence-corrected chi connectivity index (χ4v) is 23.6. The summed E-state index contributed by atoms with van der Waals surface area (Å²) >= 11 is 0. The number of carbonyl (C=O) groups excluding carboxylic acids is 2. The Morgan fingerprint density at radius 3 is 1.15 bits per heavy atom. The molecule has 192 valence electrons. The molecular formula is C24H50O5Si4. The van der Waals surface area contributed by atoms with E-state index in [0.29, 0.717) is 24.0 Å². The Balaban J connectivity index is 4.66. The van der Waals surface area contributed by atoms with Crippen LogP contribution in [0.3, 0.4) is 0 Å². The number of allylic oxidation sites excluding steroid dienone is 2. The lowest BCUT2D eigenvalue weighted by Crippen LogP contribution is -2.56. The normalized spacial score (nSPS) is 13.2. The van der Waals surface area contributed by atoms with Crippen molar-refractivity contribution in [1.29, 1.82) is 0 Å². The summed E-state index contributed by atoms with van der Waals surface area (Å²) in [7, 11) is -8.51. The Hall–Kier alpha value is -0.432. The maximum atomic E-state index is 11.7. The minimum atomic E-state index is -2.35. The highest BCUT2D eigenvalue weighted by molar-refractivity contribution is 6.89. The number of Topliss-reactive ketones (excluding diaryl/α,β-unsaturated/α-hetero) is 2. The first-order valence-electron chi connectivity index (χ1n) is 12.3. The Labute approximate surface area is 208 Å². The highest BCUT2D eigenvalue weighted by Gasteiger charge is 2.43. The Morgan fingerprint density at radius 2 is 0.879 bits per heavy atom. The molecule has 33 heavy (non-hydrogen) atoms. The van der Waals surface area contributed by atoms with Crippen molar-refractivity contribution in [2.24, 2.45) is 0 Å². The number of carbonyl (C=O) groups is 2. The number of unbranched alkanes of at least 4 members (excludes halogenated alkanes) is 2. The topological polar surface area (TPSA) is 61.8 Å². The summed E-state index contributed by atoms with van der Waals surface area (Å²) < 4.78 is 19.9. The average molecular weight is 531 g/mol. The molecule has 0 spiro atoms. The van der Waals surface area contributed by atoms with Crippen LogP contribution in [0.15, 0.2) is 24.3 Å². The first kappa shape index (κ1) is 32.6. The lowest BCUT2D eigenvalue weighted by Gasteiger charge is -2.41. The van der Waals surface area contributed by atoms with Crippen LogP contribution in [-0.2, 0) is 21.9 Å². The van der Waals surface area contributed by atoms with Gasteiger partial charge in [-0.25, -0.2) is 0 Å². The van der Waals surface area contributed by atoms with E-state index in [1.807, 2.05) is 0 Å². The molecule has 0 amide bonds. The van der Waals surface area contributed by atoms with Crippen LogP contribution in [0.5, 0.6) is 0 Å². The van der Waals surface area contributed by atoms with E-state index in [-0.39, 0.29) is 11.6 Å². The molecule has 0 N–H and O–H groups in total. The van der Waals surface area contributed by atoms with E-state index in [2.05, 4.69) is 65.5 Å². The van der Waals surface area contributed by atoms with Crippen molar-refractivity contribution in [3.63, 3.8) is 0 Å². The molecule has 0 radical (unpaired) electrons. The molecule has 0 aromatic heterocycles. The summed E-state index contributed by atoms with van der Waals surface area (Å²) in [4.78, 5) is 23.5. The zero-order valence-corrected chi connectivity index (χ0v) is 27.1. The third kappa shape index (κ3) is 16.0. The van der Waals surface area contributed by atoms with Crippen molar-refractivity contribution in [1.82, 2.24) is 0 Å². The Bertz CT molecular complexity index is 641. The summed E-state index contributed by atoms with van der Waals surface area (Å²) in [5.41, 5.74) is 1.28. The molecule has 0 aliphatic heterocycles. The molecule has 9 heteroatoms. The second kappa shape index (κ2) is 13.6. The van der Waals surface area contributed by atoms with Crippen LogP contribution in [0, 0.1) is 0 Å². The fourth-order valence-electron chi connectivity index (χ4n) is 4.17. The van der Waals surface area contributed by atoms with Gasteiger partial charge in [-0.05, 0) is 102 Å². The van der Waals surface area contributed by atoms with Crippen LogP contribution in [0.1, 0.15) is 52.4 Å². The van der Waals surface area contributed by atoms with Crippen LogP contribution in [0.2, 0.25) is 64.5 Å². The van der Waals surface area contributed by atoms with E-state index in [9.17, 15) is 9.59 Å². The minimum Gasteiger partial charge on any atom is -0.436 e. The van der Waals surface area contributed by atoms with E-state index in [1.54, 1.807) is 13.8 Å². The van der Waals surface area contributed by atoms with Crippen molar-refractivity contribution in [2.75, 3.05) is 0 Å². The second-order valence-electron chi connectivity index (χ2n) is 11.4. The van der Waals surface area contributed by atoms with Crippen molar-refractivity contribution < 1.29 is 21.9 Å². The van der Waals surface area contributed by atoms with Crippen molar-refractivity contribution in [3.05, 3.63) is 24.3 Å². The highest BCUT2D eigenvalue weighted by Crippen LogP contribution is 2.28. The molecule has 0 unspecified atom stereocenters. The summed E-state index contributed by atoms with van der Waals surface area (Å²) in [6, 6.07) is 2.03. The minimum absolute atomic E-state index is 0.160. The predicted octanol–water partition coefficient (Wildman–Crippen LogP) is 7.48. The number of hydrogen-bond acceptors (Lipinski definition) is 5. The maximum absolute atomic E-state index is 11.7. The number of ketones is 2. The first-order chi connectivity index (χ1) is 14.8. The van der Waals surface area contributed by atoms with Crippen LogP contribution in [0.4, 0.5) is 0 Å². The van der Waals surface area contributed by atoms with Gasteiger partial charge in [0.25, 0.3) is 0 Å². The fraction of sp³-hybridized carbons (Fsp3) is 0.750. The highest BCUT2D eigenvalue weighted by atomic mass is 28.5. The number of rotatable bonds is 18. The monoisotopic (exact) mass is 530 g/mol. The predicted molar refractivity (Wildman–Crippen MR) is 150 cm³/mol. The first-order valence-corrected chi connectivity index (χ1v) is 24.1. The quantitative estimate of drug-likeness (QED) is 0.104. The average Bonchev–Trinajstić information content (AvgIpc) is 2.58. The van der Waals surface area contributed by atoms with E-state index in [1.165, 1.54) is 0 Å². The maximum Gasteiger partial charge on any atom is 0.312 e. The van der Waals surface area contributed by atoms with Gasteiger partial charge in [-0.3, -0.25) is 9.59 Å². The summed E-state index contributed by atoms with van der Waals surface area (Å²) in [5, 5.41) is 0. The Morgan fingerprint density at radius 1 is 0.576 bits per heavy atom. The van der Waals surface area contributed by atoms with E-state index < -0.39 is 33.8 Å².